The Kier molecular flexibility index (Phi) is 3.14. The molecule has 0 aliphatic carbocycles. The summed E-state index contributed by atoms with van der Waals surface area (Å²) < 4.78 is 0. The molecule has 0 bridgehead atoms. The highest BCUT2D eigenvalue weighted by molar-refractivity contribution is 6.58. The van der Waals surface area contributed by atoms with Crippen LogP contribution in [-0.4, -0.2) is 6.85 Å². The summed E-state index contributed by atoms with van der Waals surface area (Å²) in [6.45, 7) is 9.00. The molecule has 0 fully saturated rings. The molecule has 0 aromatic carbocycles. The summed E-state index contributed by atoms with van der Waals surface area (Å²) in [6, 6.07) is 0. The maximum absolute atomic E-state index is 5.76. The summed E-state index contributed by atoms with van der Waals surface area (Å²) in [7, 11) is 0. The molecule has 0 radical (unpaired) electrons. The minimum Gasteiger partial charge on any atom is -0.369 e. The van der Waals surface area contributed by atoms with E-state index in [1.54, 1.807) is 0 Å². The van der Waals surface area contributed by atoms with Crippen molar-refractivity contribution in [1.29, 1.82) is 0 Å². The smallest absolute Gasteiger partial charge is 0.223 e. The molecular formula is C6H16BN. The molecule has 0 aliphatic heterocycles. The molecule has 0 aromatic heterocycles. The van der Waals surface area contributed by atoms with Crippen molar-refractivity contribution in [3.05, 3.63) is 0 Å². The van der Waals surface area contributed by atoms with Crippen molar-refractivity contribution in [2.45, 2.75) is 39.3 Å². The highest BCUT2D eigenvalue weighted by Crippen LogP contribution is 2.14. The number of nitrogens with two attached hydrogens (primary N) is 1. The molecule has 0 spiro atoms. The van der Waals surface area contributed by atoms with E-state index in [1.807, 2.05) is 0 Å². The van der Waals surface area contributed by atoms with Crippen LogP contribution in [0, 0.1) is 0 Å². The van der Waals surface area contributed by atoms with Crippen molar-refractivity contribution in [2.24, 2.45) is 5.64 Å². The van der Waals surface area contributed by atoms with Gasteiger partial charge in [-0.05, 0) is 0 Å². The summed E-state index contributed by atoms with van der Waals surface area (Å²) in [5, 5.41) is 0. The molecular weight excluding hydrogens is 96.9 g/mol. The van der Waals surface area contributed by atoms with Crippen molar-refractivity contribution in [3.63, 3.8) is 0 Å². The van der Waals surface area contributed by atoms with Crippen LogP contribution in [0.1, 0.15) is 27.7 Å². The quantitative estimate of drug-likeness (QED) is 0.542. The van der Waals surface area contributed by atoms with E-state index >= 15 is 0 Å². The lowest BCUT2D eigenvalue weighted by Gasteiger charge is -2.13. The normalized spacial score (nSPS) is 10.9. The Morgan fingerprint density at radius 1 is 1.00 bits per heavy atom. The fraction of sp³-hybridized carbons (Fsp3) is 1.00. The van der Waals surface area contributed by atoms with Crippen LogP contribution in [0.4, 0.5) is 0 Å². The van der Waals surface area contributed by atoms with Gasteiger partial charge in [0.25, 0.3) is 0 Å². The van der Waals surface area contributed by atoms with Crippen molar-refractivity contribution < 1.29 is 0 Å². The molecule has 0 aliphatic rings. The second-order valence-electron chi connectivity index (χ2n) is 3.07. The predicted octanol–water partition coefficient (Wildman–Crippen LogP) is 1.76. The minimum absolute atomic E-state index is 0.370. The second kappa shape index (κ2) is 3.13. The van der Waals surface area contributed by atoms with Gasteiger partial charge in [-0.3, -0.25) is 0 Å². The lowest BCUT2D eigenvalue weighted by atomic mass is 9.46. The summed E-state index contributed by atoms with van der Waals surface area (Å²) in [4.78, 5) is 0. The topological polar surface area (TPSA) is 26.0 Å². The highest BCUT2D eigenvalue weighted by Gasteiger charge is 2.16. The Bertz CT molecular complexity index is 53.5. The molecule has 2 heteroatoms. The van der Waals surface area contributed by atoms with Crippen LogP contribution < -0.4 is 5.64 Å². The summed E-state index contributed by atoms with van der Waals surface area (Å²) in [5.74, 6) is 1.24. The van der Waals surface area contributed by atoms with Gasteiger partial charge >= 0.3 is 0 Å². The molecule has 0 saturated heterocycles. The number of hydrogen-bond donors (Lipinski definition) is 1. The van der Waals surface area contributed by atoms with Crippen molar-refractivity contribution >= 4 is 6.85 Å². The molecule has 0 amide bonds. The van der Waals surface area contributed by atoms with Crippen LogP contribution in [0.3, 0.4) is 0 Å². The van der Waals surface area contributed by atoms with Crippen molar-refractivity contribution in [3.8, 4) is 0 Å². The summed E-state index contributed by atoms with van der Waals surface area (Å²) >= 11 is 0. The fourth-order valence-electron chi connectivity index (χ4n) is 0.770. The lowest BCUT2D eigenvalue weighted by molar-refractivity contribution is 0.931. The van der Waals surface area contributed by atoms with E-state index in [9.17, 15) is 0 Å². The van der Waals surface area contributed by atoms with E-state index < -0.39 is 0 Å². The zero-order valence-corrected chi connectivity index (χ0v) is 6.31. The van der Waals surface area contributed by atoms with Gasteiger partial charge in [-0.15, -0.1) is 0 Å². The molecule has 8 heavy (non-hydrogen) atoms. The van der Waals surface area contributed by atoms with Crippen molar-refractivity contribution in [1.82, 2.24) is 0 Å². The predicted molar refractivity (Wildman–Crippen MR) is 40.1 cm³/mol. The van der Waals surface area contributed by atoms with Gasteiger partial charge < -0.3 is 5.64 Å². The monoisotopic (exact) mass is 113 g/mol. The third-order valence-corrected chi connectivity index (χ3v) is 1.54. The van der Waals surface area contributed by atoms with Gasteiger partial charge in [0.1, 0.15) is 0 Å². The van der Waals surface area contributed by atoms with Crippen LogP contribution in [0.25, 0.3) is 0 Å². The van der Waals surface area contributed by atoms with Crippen LogP contribution in [0.2, 0.25) is 11.6 Å². The van der Waals surface area contributed by atoms with Crippen LogP contribution in [0.15, 0.2) is 0 Å². The molecule has 0 unspecified atom stereocenters. The average Bonchev–Trinajstić information content (AvgIpc) is 1.64. The molecule has 1 nitrogen and oxygen atoms in total. The third kappa shape index (κ3) is 2.36. The Labute approximate surface area is 52.7 Å². The Balaban J connectivity index is 3.46. The largest absolute Gasteiger partial charge is 0.369 e. The van der Waals surface area contributed by atoms with E-state index in [-0.39, 0.29) is 0 Å². The molecule has 0 heterocycles. The third-order valence-electron chi connectivity index (χ3n) is 1.54. The van der Waals surface area contributed by atoms with E-state index in [1.165, 1.54) is 0 Å². The maximum Gasteiger partial charge on any atom is 0.223 e. The fourth-order valence-corrected chi connectivity index (χ4v) is 0.770. The van der Waals surface area contributed by atoms with Gasteiger partial charge in [0.2, 0.25) is 6.85 Å². The van der Waals surface area contributed by atoms with E-state index in [0.717, 1.165) is 0 Å². The Hall–Kier alpha value is 0.0249. The molecule has 48 valence electrons. The first-order valence-corrected chi connectivity index (χ1v) is 3.31. The number of rotatable bonds is 2. The van der Waals surface area contributed by atoms with Gasteiger partial charge in [-0.1, -0.05) is 39.3 Å². The Morgan fingerprint density at radius 2 is 1.25 bits per heavy atom. The molecule has 0 saturated carbocycles. The Morgan fingerprint density at radius 3 is 1.25 bits per heavy atom. The first-order chi connectivity index (χ1) is 3.55. The van der Waals surface area contributed by atoms with Crippen LogP contribution in [0.5, 0.6) is 0 Å². The molecule has 0 atom stereocenters. The van der Waals surface area contributed by atoms with Gasteiger partial charge in [0.15, 0.2) is 0 Å². The SMILES string of the molecule is CC(C)B(N)C(C)C. The molecule has 0 rings (SSSR count). The van der Waals surface area contributed by atoms with Crippen molar-refractivity contribution in [2.75, 3.05) is 0 Å². The molecule has 2 N–H and O–H groups in total. The number of hydrogen-bond acceptors (Lipinski definition) is 1. The van der Waals surface area contributed by atoms with Gasteiger partial charge in [-0.25, -0.2) is 0 Å². The zero-order valence-electron chi connectivity index (χ0n) is 6.31. The van der Waals surface area contributed by atoms with E-state index in [0.29, 0.717) is 18.5 Å². The maximum atomic E-state index is 5.76. The standard InChI is InChI=1S/C6H16BN/c1-5(2)7(8)6(3)4/h5-6H,8H2,1-4H3. The first-order valence-electron chi connectivity index (χ1n) is 3.31. The van der Waals surface area contributed by atoms with Crippen LogP contribution >= 0.6 is 0 Å². The van der Waals surface area contributed by atoms with Crippen LogP contribution in [-0.2, 0) is 0 Å². The summed E-state index contributed by atoms with van der Waals surface area (Å²) in [5.41, 5.74) is 5.76. The summed E-state index contributed by atoms with van der Waals surface area (Å²) in [6.07, 6.45) is 0. The van der Waals surface area contributed by atoms with E-state index in [4.69, 9.17) is 5.64 Å². The lowest BCUT2D eigenvalue weighted by Crippen LogP contribution is -2.32. The average molecular weight is 113 g/mol. The molecule has 0 aromatic rings. The van der Waals surface area contributed by atoms with E-state index in [2.05, 4.69) is 27.7 Å². The highest BCUT2D eigenvalue weighted by atomic mass is 14.4. The first kappa shape index (κ1) is 8.02. The van der Waals surface area contributed by atoms with Gasteiger partial charge in [-0.2, -0.15) is 0 Å². The van der Waals surface area contributed by atoms with Gasteiger partial charge in [0, 0.05) is 0 Å². The second-order valence-corrected chi connectivity index (χ2v) is 3.07. The minimum atomic E-state index is 0.370. The van der Waals surface area contributed by atoms with Gasteiger partial charge in [0.05, 0.1) is 0 Å². The zero-order chi connectivity index (χ0) is 6.73.